The highest BCUT2D eigenvalue weighted by atomic mass is 32.2. The van der Waals surface area contributed by atoms with Crippen molar-refractivity contribution in [2.45, 2.75) is 83.8 Å². The number of hydrogen-bond donors (Lipinski definition) is 1. The number of nitrogens with one attached hydrogen (secondary N) is 1. The van der Waals surface area contributed by atoms with Gasteiger partial charge in [0.2, 0.25) is 0 Å². The highest BCUT2D eigenvalue weighted by Gasteiger charge is 2.27. The first-order chi connectivity index (χ1) is 24.2. The number of ether oxygens (including phenoxy) is 1. The molecule has 0 saturated heterocycles. The Bertz CT molecular complexity index is 2150. The number of ketones is 1. The van der Waals surface area contributed by atoms with Gasteiger partial charge in [0.1, 0.15) is 11.4 Å². The minimum Gasteiger partial charge on any atom is -0.443 e. The lowest BCUT2D eigenvalue weighted by molar-refractivity contribution is 0.0570. The van der Waals surface area contributed by atoms with Crippen LogP contribution in [0, 0.1) is 5.82 Å². The molecule has 0 bridgehead atoms. The Hall–Kier alpha value is -5.09. The summed E-state index contributed by atoms with van der Waals surface area (Å²) in [7, 11) is -4.39. The summed E-state index contributed by atoms with van der Waals surface area (Å²) in [5.74, 6) is -0.569. The zero-order valence-electron chi connectivity index (χ0n) is 29.9. The van der Waals surface area contributed by atoms with Gasteiger partial charge in [0.25, 0.3) is 10.0 Å². The molecule has 4 aromatic carbocycles. The molecular formula is C41H44FN3O5S. The summed E-state index contributed by atoms with van der Waals surface area (Å²) in [6.45, 7) is 11.8. The number of carbonyl (C=O) groups is 2. The van der Waals surface area contributed by atoms with Crippen molar-refractivity contribution in [3.05, 3.63) is 142 Å². The Labute approximate surface area is 299 Å². The summed E-state index contributed by atoms with van der Waals surface area (Å²) in [6, 6.07) is 27.5. The third-order valence-corrected chi connectivity index (χ3v) is 9.70. The number of carbonyl (C=O) groups excluding carboxylic acids is 2. The number of amides is 1. The normalized spacial score (nSPS) is 11.8. The number of nitrogens with zero attached hydrogens (tertiary/aromatic N) is 2. The van der Waals surface area contributed by atoms with Crippen LogP contribution in [0.25, 0.3) is 11.1 Å². The predicted molar refractivity (Wildman–Crippen MR) is 197 cm³/mol. The third-order valence-electron chi connectivity index (χ3n) is 8.33. The van der Waals surface area contributed by atoms with E-state index in [1.165, 1.54) is 24.3 Å². The summed E-state index contributed by atoms with van der Waals surface area (Å²) in [5, 5.41) is 5.02. The monoisotopic (exact) mass is 709 g/mol. The molecule has 8 nitrogen and oxygen atoms in total. The first kappa shape index (κ1) is 37.2. The largest absolute Gasteiger partial charge is 0.443 e. The van der Waals surface area contributed by atoms with Gasteiger partial charge in [-0.1, -0.05) is 106 Å². The Morgan fingerprint density at radius 2 is 1.55 bits per heavy atom. The Morgan fingerprint density at radius 3 is 2.22 bits per heavy atom. The molecule has 51 heavy (non-hydrogen) atoms. The first-order valence-corrected chi connectivity index (χ1v) is 18.6. The van der Waals surface area contributed by atoms with Crippen LogP contribution in [0.15, 0.2) is 102 Å². The summed E-state index contributed by atoms with van der Waals surface area (Å²) >= 11 is 0. The molecule has 1 heterocycles. The van der Waals surface area contributed by atoms with E-state index in [0.29, 0.717) is 36.1 Å². The van der Waals surface area contributed by atoms with Crippen LogP contribution in [0.5, 0.6) is 0 Å². The molecule has 10 heteroatoms. The van der Waals surface area contributed by atoms with Crippen LogP contribution in [0.4, 0.5) is 9.18 Å². The highest BCUT2D eigenvalue weighted by molar-refractivity contribution is 7.90. The zero-order valence-corrected chi connectivity index (χ0v) is 30.7. The van der Waals surface area contributed by atoms with Gasteiger partial charge in [-0.2, -0.15) is 5.10 Å². The fourth-order valence-corrected chi connectivity index (χ4v) is 7.20. The molecular weight excluding hydrogens is 666 g/mol. The lowest BCUT2D eigenvalue weighted by Crippen LogP contribution is -2.36. The second-order valence-electron chi connectivity index (χ2n) is 13.8. The molecule has 0 atom stereocenters. The van der Waals surface area contributed by atoms with Gasteiger partial charge in [-0.25, -0.2) is 22.3 Å². The van der Waals surface area contributed by atoms with Gasteiger partial charge >= 0.3 is 6.09 Å². The van der Waals surface area contributed by atoms with Crippen molar-refractivity contribution >= 4 is 21.9 Å². The van der Waals surface area contributed by atoms with Crippen LogP contribution < -0.4 is 4.72 Å². The van der Waals surface area contributed by atoms with Crippen molar-refractivity contribution in [1.29, 1.82) is 0 Å². The van der Waals surface area contributed by atoms with E-state index in [9.17, 15) is 18.0 Å². The molecule has 0 aliphatic carbocycles. The van der Waals surface area contributed by atoms with E-state index in [0.717, 1.165) is 28.9 Å². The van der Waals surface area contributed by atoms with E-state index in [1.807, 2.05) is 64.0 Å². The van der Waals surface area contributed by atoms with E-state index in [4.69, 9.17) is 9.84 Å². The Kier molecular flexibility index (Phi) is 11.2. The summed E-state index contributed by atoms with van der Waals surface area (Å²) in [5.41, 5.74) is 4.91. The number of halogens is 1. The number of aromatic nitrogens is 2. The van der Waals surface area contributed by atoms with Crippen LogP contribution >= 0.6 is 0 Å². The van der Waals surface area contributed by atoms with Crippen LogP contribution in [-0.2, 0) is 34.1 Å². The third kappa shape index (κ3) is 8.80. The highest BCUT2D eigenvalue weighted by Crippen LogP contribution is 2.33. The average molecular weight is 710 g/mol. The molecule has 0 aliphatic rings. The summed E-state index contributed by atoms with van der Waals surface area (Å²) < 4.78 is 51.7. The fraction of sp³-hybridized carbons (Fsp3) is 0.293. The van der Waals surface area contributed by atoms with Crippen molar-refractivity contribution in [1.82, 2.24) is 14.5 Å². The topological polar surface area (TPSA) is 107 Å². The molecule has 0 fully saturated rings. The van der Waals surface area contributed by atoms with Crippen molar-refractivity contribution in [3.8, 4) is 11.1 Å². The fourth-order valence-electron chi connectivity index (χ4n) is 6.10. The summed E-state index contributed by atoms with van der Waals surface area (Å²) in [6.07, 6.45) is 0.546. The van der Waals surface area contributed by atoms with Crippen LogP contribution in [0.1, 0.15) is 97.9 Å². The molecule has 1 aromatic heterocycles. The maximum Gasteiger partial charge on any atom is 0.421 e. The van der Waals surface area contributed by atoms with E-state index in [2.05, 4.69) is 20.8 Å². The van der Waals surface area contributed by atoms with Crippen molar-refractivity contribution in [3.63, 3.8) is 0 Å². The molecule has 5 rings (SSSR count). The van der Waals surface area contributed by atoms with Crippen LogP contribution in [-0.4, -0.2) is 35.7 Å². The quantitative estimate of drug-likeness (QED) is 0.130. The molecule has 0 unspecified atom stereocenters. The number of benzene rings is 4. The number of sulfonamides is 1. The smallest absolute Gasteiger partial charge is 0.421 e. The molecule has 5 aromatic rings. The number of rotatable bonds is 12. The minimum atomic E-state index is -4.39. The average Bonchev–Trinajstić information content (AvgIpc) is 3.40. The van der Waals surface area contributed by atoms with E-state index < -0.39 is 27.5 Å². The maximum atomic E-state index is 16.1. The van der Waals surface area contributed by atoms with Gasteiger partial charge < -0.3 is 4.74 Å². The maximum absolute atomic E-state index is 16.1. The number of hydrogen-bond acceptors (Lipinski definition) is 6. The van der Waals surface area contributed by atoms with E-state index in [1.54, 1.807) is 39.0 Å². The van der Waals surface area contributed by atoms with Crippen LogP contribution in [0.2, 0.25) is 0 Å². The number of aryl methyl sites for hydroxylation is 1. The molecule has 266 valence electrons. The van der Waals surface area contributed by atoms with Gasteiger partial charge in [0, 0.05) is 52.9 Å². The van der Waals surface area contributed by atoms with E-state index in [-0.39, 0.29) is 27.7 Å². The summed E-state index contributed by atoms with van der Waals surface area (Å²) in [4.78, 5) is 25.7. The Morgan fingerprint density at radius 1 is 0.882 bits per heavy atom. The molecule has 1 amide bonds. The molecule has 0 saturated carbocycles. The lowest BCUT2D eigenvalue weighted by Gasteiger charge is -2.20. The lowest BCUT2D eigenvalue weighted by atomic mass is 9.90. The van der Waals surface area contributed by atoms with Gasteiger partial charge in [0.15, 0.2) is 5.78 Å². The van der Waals surface area contributed by atoms with Gasteiger partial charge in [0.05, 0.1) is 10.6 Å². The molecule has 0 spiro atoms. The molecule has 0 aliphatic heterocycles. The Balaban J connectivity index is 1.51. The second kappa shape index (κ2) is 15.4. The van der Waals surface area contributed by atoms with Crippen molar-refractivity contribution < 1.29 is 27.1 Å². The van der Waals surface area contributed by atoms with Crippen LogP contribution in [0.3, 0.4) is 0 Å². The predicted octanol–water partition coefficient (Wildman–Crippen LogP) is 8.85. The standard InChI is InChI=1S/C41H44FN3O5S/c1-7-23-45-36(34(38(43-45)27(2)3)26-30-17-11-12-18-31(30)39(46)29-15-9-8-10-16-29)25-28-21-22-32(35(42)24-28)33-19-13-14-20-37(33)51(48,49)44-40(47)50-41(4,5)6/h8-22,24,27H,7,23,25-26H2,1-6H3,(H,44,47). The van der Waals surface area contributed by atoms with Crippen molar-refractivity contribution in [2.75, 3.05) is 0 Å². The first-order valence-electron chi connectivity index (χ1n) is 17.1. The second-order valence-corrected chi connectivity index (χ2v) is 15.5. The van der Waals surface area contributed by atoms with Gasteiger partial charge in [-0.15, -0.1) is 0 Å². The van der Waals surface area contributed by atoms with Gasteiger partial charge in [-0.05, 0) is 56.4 Å². The minimum absolute atomic E-state index is 0.0546. The SMILES string of the molecule is CCCn1nc(C(C)C)c(Cc2ccccc2C(=O)c2ccccc2)c1Cc1ccc(-c2ccccc2S(=O)(=O)NC(=O)OC(C)(C)C)c(F)c1. The zero-order chi connectivity index (χ0) is 36.9. The molecule has 0 radical (unpaired) electrons. The van der Waals surface area contributed by atoms with Gasteiger partial charge in [-0.3, -0.25) is 9.48 Å². The van der Waals surface area contributed by atoms with Crippen molar-refractivity contribution in [2.24, 2.45) is 0 Å². The molecule has 1 N–H and O–H groups in total. The van der Waals surface area contributed by atoms with E-state index >= 15 is 4.39 Å².